The number of carbonyl (C=O) groups is 2. The molecule has 1 aliphatic rings. The average molecular weight is 419 g/mol. The van der Waals surface area contributed by atoms with E-state index in [0.29, 0.717) is 0 Å². The summed E-state index contributed by atoms with van der Waals surface area (Å²) >= 11 is 2.88. The number of amides is 2. The molecule has 0 spiro atoms. The summed E-state index contributed by atoms with van der Waals surface area (Å²) in [6.45, 7) is 7.82. The van der Waals surface area contributed by atoms with Crippen molar-refractivity contribution in [1.82, 2.24) is 9.80 Å². The van der Waals surface area contributed by atoms with Gasteiger partial charge in [0.2, 0.25) is 0 Å². The SMILES string of the molecule is CC1CN(C(=O)c2cc(F)c(Br)cc2F)CCN1C(=O)OC(C)(C)C. The molecule has 1 saturated heterocycles. The van der Waals surface area contributed by atoms with Crippen molar-refractivity contribution in [3.8, 4) is 0 Å². The number of nitrogens with zero attached hydrogens (tertiary/aromatic N) is 2. The summed E-state index contributed by atoms with van der Waals surface area (Å²) in [6, 6.07) is 1.52. The Morgan fingerprint density at radius 3 is 2.40 bits per heavy atom. The lowest BCUT2D eigenvalue weighted by Gasteiger charge is -2.40. The van der Waals surface area contributed by atoms with E-state index in [-0.39, 0.29) is 35.7 Å². The van der Waals surface area contributed by atoms with Crippen LogP contribution in [0.25, 0.3) is 0 Å². The molecule has 25 heavy (non-hydrogen) atoms. The lowest BCUT2D eigenvalue weighted by Crippen LogP contribution is -2.56. The second-order valence-electron chi connectivity index (χ2n) is 7.02. The molecule has 5 nitrogen and oxygen atoms in total. The zero-order valence-electron chi connectivity index (χ0n) is 14.6. The molecule has 1 unspecified atom stereocenters. The molecule has 2 rings (SSSR count). The second-order valence-corrected chi connectivity index (χ2v) is 7.87. The van der Waals surface area contributed by atoms with Crippen LogP contribution in [0.3, 0.4) is 0 Å². The van der Waals surface area contributed by atoms with Crippen LogP contribution in [0.2, 0.25) is 0 Å². The minimum atomic E-state index is -0.791. The molecule has 1 aromatic rings. The van der Waals surface area contributed by atoms with Gasteiger partial charge in [0.25, 0.3) is 5.91 Å². The average Bonchev–Trinajstić information content (AvgIpc) is 2.48. The third-order valence-electron chi connectivity index (χ3n) is 3.78. The maximum absolute atomic E-state index is 14.0. The molecular formula is C17H21BrF2N2O3. The standard InChI is InChI=1S/C17H21BrF2N2O3/c1-10-9-21(5-6-22(10)16(24)25-17(2,3)4)15(23)11-7-14(20)12(18)8-13(11)19/h7-8,10H,5-6,9H2,1-4H3. The molecule has 1 fully saturated rings. The van der Waals surface area contributed by atoms with Crippen molar-refractivity contribution < 1.29 is 23.1 Å². The Labute approximate surface area is 154 Å². The van der Waals surface area contributed by atoms with Crippen LogP contribution in [0, 0.1) is 11.6 Å². The van der Waals surface area contributed by atoms with E-state index >= 15 is 0 Å². The number of ether oxygens (including phenoxy) is 1. The first-order valence-corrected chi connectivity index (χ1v) is 8.72. The molecule has 0 N–H and O–H groups in total. The molecule has 0 radical (unpaired) electrons. The number of hydrogen-bond acceptors (Lipinski definition) is 3. The molecule has 1 aliphatic heterocycles. The third-order valence-corrected chi connectivity index (χ3v) is 4.39. The number of piperazine rings is 1. The van der Waals surface area contributed by atoms with Gasteiger partial charge in [-0.1, -0.05) is 0 Å². The zero-order valence-corrected chi connectivity index (χ0v) is 16.2. The van der Waals surface area contributed by atoms with E-state index < -0.39 is 29.2 Å². The van der Waals surface area contributed by atoms with Crippen molar-refractivity contribution in [1.29, 1.82) is 0 Å². The van der Waals surface area contributed by atoms with Crippen LogP contribution in [0.5, 0.6) is 0 Å². The van der Waals surface area contributed by atoms with Crippen LogP contribution in [0.15, 0.2) is 16.6 Å². The smallest absolute Gasteiger partial charge is 0.410 e. The van der Waals surface area contributed by atoms with Gasteiger partial charge in [0.15, 0.2) is 0 Å². The van der Waals surface area contributed by atoms with Crippen LogP contribution < -0.4 is 0 Å². The first-order chi connectivity index (χ1) is 11.5. The van der Waals surface area contributed by atoms with Gasteiger partial charge in [0.05, 0.1) is 10.0 Å². The lowest BCUT2D eigenvalue weighted by molar-refractivity contribution is 0.00190. The normalized spacial score (nSPS) is 18.3. The van der Waals surface area contributed by atoms with Gasteiger partial charge in [-0.05, 0) is 55.8 Å². The highest BCUT2D eigenvalue weighted by Crippen LogP contribution is 2.23. The van der Waals surface area contributed by atoms with Gasteiger partial charge >= 0.3 is 6.09 Å². The summed E-state index contributed by atoms with van der Waals surface area (Å²) < 4.78 is 32.9. The van der Waals surface area contributed by atoms with E-state index in [4.69, 9.17) is 4.74 Å². The third kappa shape index (κ3) is 4.68. The van der Waals surface area contributed by atoms with Crippen LogP contribution in [-0.4, -0.2) is 53.1 Å². The Morgan fingerprint density at radius 1 is 1.20 bits per heavy atom. The van der Waals surface area contributed by atoms with Crippen LogP contribution >= 0.6 is 15.9 Å². The summed E-state index contributed by atoms with van der Waals surface area (Å²) in [5.74, 6) is -2.09. The van der Waals surface area contributed by atoms with Gasteiger partial charge in [-0.3, -0.25) is 4.79 Å². The van der Waals surface area contributed by atoms with Crippen molar-refractivity contribution in [2.24, 2.45) is 0 Å². The molecule has 1 aromatic carbocycles. The first kappa shape index (κ1) is 19.6. The van der Waals surface area contributed by atoms with Crippen molar-refractivity contribution in [3.63, 3.8) is 0 Å². The van der Waals surface area contributed by atoms with E-state index in [1.807, 2.05) is 0 Å². The summed E-state index contributed by atoms with van der Waals surface area (Å²) in [5, 5.41) is 0. The van der Waals surface area contributed by atoms with E-state index in [2.05, 4.69) is 15.9 Å². The predicted octanol–water partition coefficient (Wildman–Crippen LogP) is 3.81. The van der Waals surface area contributed by atoms with Gasteiger partial charge < -0.3 is 14.5 Å². The number of hydrogen-bond donors (Lipinski definition) is 0. The van der Waals surface area contributed by atoms with Gasteiger partial charge in [0, 0.05) is 25.7 Å². The maximum Gasteiger partial charge on any atom is 0.410 e. The lowest BCUT2D eigenvalue weighted by atomic mass is 10.1. The molecular weight excluding hydrogens is 398 g/mol. The Morgan fingerprint density at radius 2 is 1.84 bits per heavy atom. The van der Waals surface area contributed by atoms with Gasteiger partial charge in [0.1, 0.15) is 17.2 Å². The molecule has 1 atom stereocenters. The van der Waals surface area contributed by atoms with Crippen molar-refractivity contribution >= 4 is 27.9 Å². The minimum absolute atomic E-state index is 0.0373. The topological polar surface area (TPSA) is 49.9 Å². The number of benzene rings is 1. The van der Waals surface area contributed by atoms with Crippen LogP contribution in [-0.2, 0) is 4.74 Å². The fraction of sp³-hybridized carbons (Fsp3) is 0.529. The maximum atomic E-state index is 14.0. The van der Waals surface area contributed by atoms with E-state index in [1.165, 1.54) is 9.80 Å². The molecule has 0 aromatic heterocycles. The van der Waals surface area contributed by atoms with Crippen LogP contribution in [0.4, 0.5) is 13.6 Å². The van der Waals surface area contributed by atoms with Crippen molar-refractivity contribution in [3.05, 3.63) is 33.8 Å². The Hall–Kier alpha value is -1.70. The predicted molar refractivity (Wildman–Crippen MR) is 92.4 cm³/mol. The quantitative estimate of drug-likeness (QED) is 0.651. The van der Waals surface area contributed by atoms with Crippen molar-refractivity contribution in [2.75, 3.05) is 19.6 Å². The molecule has 1 heterocycles. The number of rotatable bonds is 1. The summed E-state index contributed by atoms with van der Waals surface area (Å²) in [6.07, 6.45) is -0.451. The Bertz CT molecular complexity index is 691. The van der Waals surface area contributed by atoms with E-state index in [9.17, 15) is 18.4 Å². The molecule has 138 valence electrons. The largest absolute Gasteiger partial charge is 0.444 e. The fourth-order valence-corrected chi connectivity index (χ4v) is 2.91. The summed E-state index contributed by atoms with van der Waals surface area (Å²) in [5.41, 5.74) is -0.930. The van der Waals surface area contributed by atoms with Crippen LogP contribution in [0.1, 0.15) is 38.1 Å². The Balaban J connectivity index is 2.09. The van der Waals surface area contributed by atoms with Gasteiger partial charge in [-0.25, -0.2) is 13.6 Å². The Kier molecular flexibility index (Phi) is 5.71. The molecule has 0 saturated carbocycles. The zero-order chi connectivity index (χ0) is 18.9. The fourth-order valence-electron chi connectivity index (χ4n) is 2.59. The van der Waals surface area contributed by atoms with E-state index in [1.54, 1.807) is 27.7 Å². The second kappa shape index (κ2) is 7.27. The monoisotopic (exact) mass is 418 g/mol. The van der Waals surface area contributed by atoms with Gasteiger partial charge in [-0.2, -0.15) is 0 Å². The molecule has 8 heteroatoms. The van der Waals surface area contributed by atoms with Gasteiger partial charge in [-0.15, -0.1) is 0 Å². The highest BCUT2D eigenvalue weighted by atomic mass is 79.9. The number of halogens is 3. The first-order valence-electron chi connectivity index (χ1n) is 7.93. The summed E-state index contributed by atoms with van der Waals surface area (Å²) in [7, 11) is 0. The highest BCUT2D eigenvalue weighted by Gasteiger charge is 2.33. The van der Waals surface area contributed by atoms with E-state index in [0.717, 1.165) is 12.1 Å². The minimum Gasteiger partial charge on any atom is -0.444 e. The summed E-state index contributed by atoms with van der Waals surface area (Å²) in [4.78, 5) is 27.6. The number of carbonyl (C=O) groups excluding carboxylic acids is 2. The molecule has 0 bridgehead atoms. The molecule has 0 aliphatic carbocycles. The van der Waals surface area contributed by atoms with Crippen molar-refractivity contribution in [2.45, 2.75) is 39.3 Å². The highest BCUT2D eigenvalue weighted by molar-refractivity contribution is 9.10. The molecule has 2 amide bonds.